The Kier molecular flexibility index (Phi) is 7.49. The van der Waals surface area contributed by atoms with Gasteiger partial charge in [0.25, 0.3) is 0 Å². The third kappa shape index (κ3) is 7.05. The zero-order valence-corrected chi connectivity index (χ0v) is 11.9. The molecule has 0 fully saturated rings. The van der Waals surface area contributed by atoms with Gasteiger partial charge in [-0.3, -0.25) is 9.78 Å². The van der Waals surface area contributed by atoms with E-state index in [1.165, 1.54) is 0 Å². The van der Waals surface area contributed by atoms with Crippen molar-refractivity contribution in [2.24, 2.45) is 0 Å². The molecule has 0 aliphatic carbocycles. The lowest BCUT2D eigenvalue weighted by Crippen LogP contribution is -2.36. The number of esters is 1. The number of hydrogen-bond donors (Lipinski definition) is 2. The molecule has 0 aliphatic rings. The van der Waals surface area contributed by atoms with E-state index in [2.05, 4.69) is 20.4 Å². The molecule has 2 N–H and O–H groups in total. The van der Waals surface area contributed by atoms with Crippen molar-refractivity contribution in [3.63, 3.8) is 0 Å². The maximum absolute atomic E-state index is 11.4. The van der Waals surface area contributed by atoms with Gasteiger partial charge in [0, 0.05) is 25.5 Å². The van der Waals surface area contributed by atoms with Gasteiger partial charge in [0.05, 0.1) is 0 Å². The molecule has 7 heteroatoms. The largest absolute Gasteiger partial charge is 0.415 e. The van der Waals surface area contributed by atoms with Gasteiger partial charge >= 0.3 is 18.0 Å². The fourth-order valence-electron chi connectivity index (χ4n) is 1.49. The summed E-state index contributed by atoms with van der Waals surface area (Å²) in [7, 11) is 0. The van der Waals surface area contributed by atoms with E-state index in [4.69, 9.17) is 0 Å². The van der Waals surface area contributed by atoms with E-state index in [0.29, 0.717) is 6.54 Å². The van der Waals surface area contributed by atoms with Crippen LogP contribution in [-0.4, -0.2) is 29.5 Å². The summed E-state index contributed by atoms with van der Waals surface area (Å²) in [6.45, 7) is 2.59. The van der Waals surface area contributed by atoms with E-state index in [9.17, 15) is 14.4 Å². The van der Waals surface area contributed by atoms with Gasteiger partial charge in [0.2, 0.25) is 0 Å². The van der Waals surface area contributed by atoms with Crippen molar-refractivity contribution in [1.29, 1.82) is 0 Å². The van der Waals surface area contributed by atoms with Gasteiger partial charge in [-0.25, -0.2) is 9.59 Å². The first-order valence-corrected chi connectivity index (χ1v) is 6.80. The first-order chi connectivity index (χ1) is 10.1. The molecule has 0 unspecified atom stereocenters. The zero-order chi connectivity index (χ0) is 15.5. The quantitative estimate of drug-likeness (QED) is 0.355. The molecule has 0 saturated carbocycles. The second-order valence-electron chi connectivity index (χ2n) is 4.35. The summed E-state index contributed by atoms with van der Waals surface area (Å²) in [5.74, 6) is -2.20. The predicted octanol–water partition coefficient (Wildman–Crippen LogP) is 1.14. The van der Waals surface area contributed by atoms with Crippen LogP contribution in [0.4, 0.5) is 4.79 Å². The summed E-state index contributed by atoms with van der Waals surface area (Å²) in [5, 5.41) is 4.75. The number of ether oxygens (including phenoxy) is 1. The molecule has 0 radical (unpaired) electrons. The van der Waals surface area contributed by atoms with Gasteiger partial charge < -0.3 is 15.4 Å². The molecule has 2 amide bonds. The Morgan fingerprint density at radius 1 is 1.24 bits per heavy atom. The minimum atomic E-state index is -1.23. The number of aromatic nitrogens is 1. The fourth-order valence-corrected chi connectivity index (χ4v) is 1.49. The van der Waals surface area contributed by atoms with Crippen LogP contribution in [0.2, 0.25) is 0 Å². The summed E-state index contributed by atoms with van der Waals surface area (Å²) in [5.41, 5.74) is 0.739. The molecule has 1 aromatic heterocycles. The van der Waals surface area contributed by atoms with Crippen molar-refractivity contribution in [3.8, 4) is 0 Å². The number of rotatable bonds is 6. The highest BCUT2D eigenvalue weighted by atomic mass is 16.6. The molecule has 0 aromatic carbocycles. The molecule has 1 heterocycles. The van der Waals surface area contributed by atoms with Crippen LogP contribution in [0.3, 0.4) is 0 Å². The maximum Gasteiger partial charge on any atom is 0.415 e. The lowest BCUT2D eigenvalue weighted by molar-refractivity contribution is -0.150. The smallest absolute Gasteiger partial charge is 0.369 e. The van der Waals surface area contributed by atoms with Crippen LogP contribution in [0.1, 0.15) is 31.7 Å². The van der Waals surface area contributed by atoms with Gasteiger partial charge in [-0.2, -0.15) is 0 Å². The lowest BCUT2D eigenvalue weighted by atomic mass is 10.2. The summed E-state index contributed by atoms with van der Waals surface area (Å²) >= 11 is 0. The fraction of sp³-hybridized carbons (Fsp3) is 0.429. The number of nitrogens with one attached hydrogen (secondary N) is 2. The lowest BCUT2D eigenvalue weighted by Gasteiger charge is -2.06. The summed E-state index contributed by atoms with van der Waals surface area (Å²) in [6, 6.07) is 3.46. The van der Waals surface area contributed by atoms with Crippen LogP contribution in [-0.2, 0) is 20.9 Å². The van der Waals surface area contributed by atoms with Crippen molar-refractivity contribution in [3.05, 3.63) is 30.1 Å². The Balaban J connectivity index is 2.24. The van der Waals surface area contributed by atoms with E-state index in [0.717, 1.165) is 24.8 Å². The topological polar surface area (TPSA) is 97.4 Å². The standard InChI is InChI=1S/C14H19N3O4/c1-2-3-4-8-16-14(20)21-13(19)12(18)17-10-11-6-5-7-15-9-11/h5-7,9H,2-4,8,10H2,1H3,(H,16,20)(H,17,18). The van der Waals surface area contributed by atoms with Crippen LogP contribution in [0.5, 0.6) is 0 Å². The van der Waals surface area contributed by atoms with Gasteiger partial charge in [0.1, 0.15) is 0 Å². The van der Waals surface area contributed by atoms with E-state index in [1.54, 1.807) is 24.5 Å². The van der Waals surface area contributed by atoms with Gasteiger partial charge in [-0.05, 0) is 18.1 Å². The second kappa shape index (κ2) is 9.46. The average molecular weight is 293 g/mol. The van der Waals surface area contributed by atoms with Crippen molar-refractivity contribution >= 4 is 18.0 Å². The van der Waals surface area contributed by atoms with Crippen molar-refractivity contribution in [1.82, 2.24) is 15.6 Å². The molecule has 0 bridgehead atoms. The highest BCUT2D eigenvalue weighted by Crippen LogP contribution is 1.95. The molecular formula is C14H19N3O4. The summed E-state index contributed by atoms with van der Waals surface area (Å²) in [4.78, 5) is 37.9. The molecular weight excluding hydrogens is 274 g/mol. The van der Waals surface area contributed by atoms with Crippen molar-refractivity contribution < 1.29 is 19.1 Å². The molecule has 7 nitrogen and oxygen atoms in total. The minimum absolute atomic E-state index is 0.139. The highest BCUT2D eigenvalue weighted by Gasteiger charge is 2.18. The third-order valence-electron chi connectivity index (χ3n) is 2.60. The summed E-state index contributed by atoms with van der Waals surface area (Å²) in [6.07, 6.45) is 5.04. The van der Waals surface area contributed by atoms with E-state index in [1.807, 2.05) is 6.92 Å². The Bertz CT molecular complexity index is 476. The van der Waals surface area contributed by atoms with Crippen LogP contribution in [0.25, 0.3) is 0 Å². The predicted molar refractivity (Wildman–Crippen MR) is 75.1 cm³/mol. The third-order valence-corrected chi connectivity index (χ3v) is 2.60. The van der Waals surface area contributed by atoms with E-state index >= 15 is 0 Å². The van der Waals surface area contributed by atoms with Gasteiger partial charge in [0.15, 0.2) is 0 Å². The Labute approximate surface area is 123 Å². The van der Waals surface area contributed by atoms with E-state index < -0.39 is 18.0 Å². The maximum atomic E-state index is 11.4. The normalized spacial score (nSPS) is 9.76. The highest BCUT2D eigenvalue weighted by molar-refractivity contribution is 6.34. The Hall–Kier alpha value is -2.44. The van der Waals surface area contributed by atoms with Crippen LogP contribution in [0.15, 0.2) is 24.5 Å². The van der Waals surface area contributed by atoms with Gasteiger partial charge in [-0.15, -0.1) is 0 Å². The molecule has 1 aromatic rings. The van der Waals surface area contributed by atoms with Crippen molar-refractivity contribution in [2.75, 3.05) is 6.54 Å². The summed E-state index contributed by atoms with van der Waals surface area (Å²) < 4.78 is 4.36. The molecule has 21 heavy (non-hydrogen) atoms. The molecule has 0 atom stereocenters. The number of amides is 2. The number of nitrogens with zero attached hydrogens (tertiary/aromatic N) is 1. The Morgan fingerprint density at radius 3 is 2.71 bits per heavy atom. The van der Waals surface area contributed by atoms with Crippen LogP contribution < -0.4 is 10.6 Å². The molecule has 0 spiro atoms. The Morgan fingerprint density at radius 2 is 2.05 bits per heavy atom. The van der Waals surface area contributed by atoms with Crippen LogP contribution in [0, 0.1) is 0 Å². The number of unbranched alkanes of at least 4 members (excludes halogenated alkanes) is 2. The minimum Gasteiger partial charge on any atom is -0.369 e. The molecule has 0 saturated heterocycles. The first kappa shape index (κ1) is 16.6. The molecule has 0 aliphatic heterocycles. The number of pyridine rings is 1. The van der Waals surface area contributed by atoms with Crippen molar-refractivity contribution in [2.45, 2.75) is 32.7 Å². The van der Waals surface area contributed by atoms with E-state index in [-0.39, 0.29) is 6.54 Å². The molecule has 114 valence electrons. The molecule has 1 rings (SSSR count). The average Bonchev–Trinajstić information content (AvgIpc) is 2.50. The number of alkyl carbamates (subject to hydrolysis) is 1. The van der Waals surface area contributed by atoms with Gasteiger partial charge in [-0.1, -0.05) is 25.8 Å². The zero-order valence-electron chi connectivity index (χ0n) is 11.9. The number of carbonyl (C=O) groups is 3. The van der Waals surface area contributed by atoms with Crippen LogP contribution >= 0.6 is 0 Å². The monoisotopic (exact) mass is 293 g/mol. The second-order valence-corrected chi connectivity index (χ2v) is 4.35. The number of carbonyl (C=O) groups excluding carboxylic acids is 3. The SMILES string of the molecule is CCCCCNC(=O)OC(=O)C(=O)NCc1cccnc1. The number of hydrogen-bond acceptors (Lipinski definition) is 5. The first-order valence-electron chi connectivity index (χ1n) is 6.80.